The summed E-state index contributed by atoms with van der Waals surface area (Å²) >= 11 is 5.70. The fourth-order valence-electron chi connectivity index (χ4n) is 2.49. The zero-order chi connectivity index (χ0) is 13.9. The van der Waals surface area contributed by atoms with E-state index in [0.717, 1.165) is 32.2 Å². The molecule has 0 bridgehead atoms. The van der Waals surface area contributed by atoms with Crippen LogP contribution in [-0.4, -0.2) is 40.7 Å². The first-order chi connectivity index (χ1) is 9.09. The molecular weight excluding hydrogens is 286 g/mol. The molecule has 0 aliphatic carbocycles. The Kier molecular flexibility index (Phi) is 4.86. The molecular formula is C12H20ClN3O2S. The Hall–Kier alpha value is -0.590. The predicted molar refractivity (Wildman–Crippen MR) is 74.8 cm³/mol. The lowest BCUT2D eigenvalue weighted by Gasteiger charge is -2.22. The van der Waals surface area contributed by atoms with Gasteiger partial charge in [-0.15, -0.1) is 11.6 Å². The third-order valence-electron chi connectivity index (χ3n) is 3.54. The summed E-state index contributed by atoms with van der Waals surface area (Å²) in [7, 11) is -3.45. The van der Waals surface area contributed by atoms with Crippen LogP contribution in [0.15, 0.2) is 17.6 Å². The molecule has 0 amide bonds. The van der Waals surface area contributed by atoms with Crippen LogP contribution in [0.4, 0.5) is 0 Å². The Labute approximate surface area is 119 Å². The Balaban J connectivity index is 2.18. The first-order valence-corrected chi connectivity index (χ1v) is 8.66. The van der Waals surface area contributed by atoms with Gasteiger partial charge in [0.05, 0.1) is 6.33 Å². The molecule has 2 heterocycles. The standard InChI is InChI=1S/C12H20ClN3O2S/c1-2-15-9-12(14-10-15)19(17,18)16-8-4-6-11(16)5-3-7-13/h9-11H,2-8H2,1H3. The maximum Gasteiger partial charge on any atom is 0.262 e. The summed E-state index contributed by atoms with van der Waals surface area (Å²) in [4.78, 5) is 4.03. The first-order valence-electron chi connectivity index (χ1n) is 6.69. The van der Waals surface area contributed by atoms with E-state index >= 15 is 0 Å². The van der Waals surface area contributed by atoms with E-state index in [0.29, 0.717) is 12.4 Å². The fraction of sp³-hybridized carbons (Fsp3) is 0.750. The first kappa shape index (κ1) is 14.8. The molecule has 1 fully saturated rings. The summed E-state index contributed by atoms with van der Waals surface area (Å²) in [5.41, 5.74) is 0. The maximum atomic E-state index is 12.6. The van der Waals surface area contributed by atoms with Crippen molar-refractivity contribution in [2.75, 3.05) is 12.4 Å². The molecule has 0 radical (unpaired) electrons. The molecule has 1 aromatic heterocycles. The number of alkyl halides is 1. The van der Waals surface area contributed by atoms with Crippen LogP contribution in [0, 0.1) is 0 Å². The highest BCUT2D eigenvalue weighted by Gasteiger charge is 2.35. The number of hydrogen-bond donors (Lipinski definition) is 0. The van der Waals surface area contributed by atoms with Gasteiger partial charge in [-0.3, -0.25) is 0 Å². The molecule has 1 aliphatic heterocycles. The third-order valence-corrected chi connectivity index (χ3v) is 5.65. The zero-order valence-electron chi connectivity index (χ0n) is 11.1. The zero-order valence-corrected chi connectivity index (χ0v) is 12.7. The van der Waals surface area contributed by atoms with Crippen molar-refractivity contribution < 1.29 is 8.42 Å². The number of halogens is 1. The lowest BCUT2D eigenvalue weighted by Crippen LogP contribution is -2.35. The number of sulfonamides is 1. The van der Waals surface area contributed by atoms with E-state index in [9.17, 15) is 8.42 Å². The topological polar surface area (TPSA) is 55.2 Å². The van der Waals surface area contributed by atoms with E-state index in [1.807, 2.05) is 6.92 Å². The third kappa shape index (κ3) is 3.12. The molecule has 0 N–H and O–H groups in total. The highest BCUT2D eigenvalue weighted by molar-refractivity contribution is 7.89. The average Bonchev–Trinajstić information content (AvgIpc) is 3.05. The highest BCUT2D eigenvalue weighted by Crippen LogP contribution is 2.27. The van der Waals surface area contributed by atoms with Crippen molar-refractivity contribution in [1.29, 1.82) is 0 Å². The van der Waals surface area contributed by atoms with E-state index < -0.39 is 10.0 Å². The number of nitrogens with zero attached hydrogens (tertiary/aromatic N) is 3. The minimum absolute atomic E-state index is 0.0792. The SMILES string of the molecule is CCn1cnc(S(=O)(=O)N2CCCC2CCCCl)c1. The normalized spacial score (nSPS) is 21.1. The summed E-state index contributed by atoms with van der Waals surface area (Å²) in [6, 6.07) is 0.0792. The van der Waals surface area contributed by atoms with Gasteiger partial charge in [-0.05, 0) is 32.6 Å². The van der Waals surface area contributed by atoms with E-state index in [-0.39, 0.29) is 11.1 Å². The molecule has 7 heteroatoms. The van der Waals surface area contributed by atoms with Gasteiger partial charge in [-0.1, -0.05) is 0 Å². The Bertz CT molecular complexity index is 515. The summed E-state index contributed by atoms with van der Waals surface area (Å²) < 4.78 is 28.5. The minimum Gasteiger partial charge on any atom is -0.336 e. The summed E-state index contributed by atoms with van der Waals surface area (Å²) in [6.45, 7) is 3.27. The largest absolute Gasteiger partial charge is 0.336 e. The van der Waals surface area contributed by atoms with E-state index in [2.05, 4.69) is 4.98 Å². The van der Waals surface area contributed by atoms with Crippen molar-refractivity contribution in [3.8, 4) is 0 Å². The molecule has 1 aliphatic rings. The second kappa shape index (κ2) is 6.24. The molecule has 19 heavy (non-hydrogen) atoms. The second-order valence-electron chi connectivity index (χ2n) is 4.79. The predicted octanol–water partition coefficient (Wildman–Crippen LogP) is 2.08. The van der Waals surface area contributed by atoms with Crippen molar-refractivity contribution >= 4 is 21.6 Å². The van der Waals surface area contributed by atoms with E-state index in [4.69, 9.17) is 11.6 Å². The number of hydrogen-bond acceptors (Lipinski definition) is 3. The molecule has 108 valence electrons. The van der Waals surface area contributed by atoms with Crippen LogP contribution in [0.1, 0.15) is 32.6 Å². The molecule has 1 aromatic rings. The molecule has 0 spiro atoms. The maximum absolute atomic E-state index is 12.6. The summed E-state index contributed by atoms with van der Waals surface area (Å²) in [5.74, 6) is 0.578. The summed E-state index contributed by atoms with van der Waals surface area (Å²) in [6.07, 6.45) is 6.69. The van der Waals surface area contributed by atoms with Gasteiger partial charge < -0.3 is 4.57 Å². The van der Waals surface area contributed by atoms with Gasteiger partial charge in [0.2, 0.25) is 0 Å². The van der Waals surface area contributed by atoms with Gasteiger partial charge in [-0.2, -0.15) is 4.31 Å². The number of rotatable bonds is 6. The van der Waals surface area contributed by atoms with Crippen LogP contribution in [0.3, 0.4) is 0 Å². The monoisotopic (exact) mass is 305 g/mol. The van der Waals surface area contributed by atoms with Crippen molar-refractivity contribution in [2.45, 2.75) is 50.2 Å². The molecule has 1 saturated heterocycles. The van der Waals surface area contributed by atoms with Gasteiger partial charge >= 0.3 is 0 Å². The van der Waals surface area contributed by atoms with Gasteiger partial charge in [0.25, 0.3) is 10.0 Å². The Morgan fingerprint density at radius 1 is 1.53 bits per heavy atom. The Morgan fingerprint density at radius 3 is 2.95 bits per heavy atom. The lowest BCUT2D eigenvalue weighted by molar-refractivity contribution is 0.367. The highest BCUT2D eigenvalue weighted by atomic mass is 35.5. The van der Waals surface area contributed by atoms with Gasteiger partial charge in [0.15, 0.2) is 5.03 Å². The van der Waals surface area contributed by atoms with Gasteiger partial charge in [-0.25, -0.2) is 13.4 Å². The van der Waals surface area contributed by atoms with Crippen molar-refractivity contribution in [3.05, 3.63) is 12.5 Å². The van der Waals surface area contributed by atoms with E-state index in [1.54, 1.807) is 21.4 Å². The molecule has 1 unspecified atom stereocenters. The number of aryl methyl sites for hydroxylation is 1. The number of aromatic nitrogens is 2. The van der Waals surface area contributed by atoms with Crippen LogP contribution >= 0.6 is 11.6 Å². The quantitative estimate of drug-likeness (QED) is 0.756. The van der Waals surface area contributed by atoms with Crippen LogP contribution in [0.2, 0.25) is 0 Å². The van der Waals surface area contributed by atoms with Gasteiger partial charge in [0, 0.05) is 31.2 Å². The minimum atomic E-state index is -3.45. The molecule has 5 nitrogen and oxygen atoms in total. The summed E-state index contributed by atoms with van der Waals surface area (Å²) in [5, 5.41) is 0.159. The Morgan fingerprint density at radius 2 is 2.32 bits per heavy atom. The average molecular weight is 306 g/mol. The number of imidazole rings is 1. The smallest absolute Gasteiger partial charge is 0.262 e. The lowest BCUT2D eigenvalue weighted by atomic mass is 10.1. The molecule has 0 saturated carbocycles. The van der Waals surface area contributed by atoms with Crippen LogP contribution in [0.25, 0.3) is 0 Å². The van der Waals surface area contributed by atoms with Crippen LogP contribution < -0.4 is 0 Å². The van der Waals surface area contributed by atoms with E-state index in [1.165, 1.54) is 0 Å². The fourth-order valence-corrected chi connectivity index (χ4v) is 4.31. The molecule has 1 atom stereocenters. The molecule has 2 rings (SSSR count). The van der Waals surface area contributed by atoms with Crippen LogP contribution in [0.5, 0.6) is 0 Å². The van der Waals surface area contributed by atoms with Crippen molar-refractivity contribution in [3.63, 3.8) is 0 Å². The van der Waals surface area contributed by atoms with Crippen LogP contribution in [-0.2, 0) is 16.6 Å². The van der Waals surface area contributed by atoms with Gasteiger partial charge in [0.1, 0.15) is 0 Å². The molecule has 0 aromatic carbocycles. The van der Waals surface area contributed by atoms with Crippen molar-refractivity contribution in [2.24, 2.45) is 0 Å². The second-order valence-corrected chi connectivity index (χ2v) is 7.00. The van der Waals surface area contributed by atoms with Crippen molar-refractivity contribution in [1.82, 2.24) is 13.9 Å².